The highest BCUT2D eigenvalue weighted by Gasteiger charge is 2.43. The number of hydrogen-bond acceptors (Lipinski definition) is 6. The Morgan fingerprint density at radius 1 is 1.03 bits per heavy atom. The van der Waals surface area contributed by atoms with Gasteiger partial charge in [-0.25, -0.2) is 4.79 Å². The second kappa shape index (κ2) is 8.06. The van der Waals surface area contributed by atoms with E-state index in [2.05, 4.69) is 0 Å². The summed E-state index contributed by atoms with van der Waals surface area (Å²) in [6.07, 6.45) is 0.863. The number of ketones is 1. The third kappa shape index (κ3) is 3.45. The van der Waals surface area contributed by atoms with Crippen molar-refractivity contribution in [3.8, 4) is 5.75 Å². The minimum Gasteiger partial charge on any atom is -0.497 e. The normalized spacial score (nSPS) is 21.1. The van der Waals surface area contributed by atoms with Crippen molar-refractivity contribution < 1.29 is 23.8 Å². The molecule has 1 heterocycles. The molecule has 0 bridgehead atoms. The fourth-order valence-electron chi connectivity index (χ4n) is 4.23. The molecule has 154 valence electrons. The van der Waals surface area contributed by atoms with Crippen LogP contribution in [0.1, 0.15) is 35.8 Å². The lowest BCUT2D eigenvalue weighted by Gasteiger charge is -2.35. The van der Waals surface area contributed by atoms with Gasteiger partial charge in [-0.2, -0.15) is 0 Å². The quantitative estimate of drug-likeness (QED) is 0.783. The van der Waals surface area contributed by atoms with Gasteiger partial charge in [0, 0.05) is 18.4 Å². The van der Waals surface area contributed by atoms with Crippen molar-refractivity contribution in [1.82, 2.24) is 0 Å². The molecule has 1 aliphatic heterocycles. The fraction of sp³-hybridized carbons (Fsp3) is 0.250. The Bertz CT molecular complexity index is 1050. The van der Waals surface area contributed by atoms with Crippen molar-refractivity contribution >= 4 is 11.8 Å². The molecule has 0 radical (unpaired) electrons. The van der Waals surface area contributed by atoms with Crippen LogP contribution in [0.3, 0.4) is 0 Å². The standard InChI is InChI=1S/C24H23NO5/c1-28-17-10-6-9-15(11-17)20-21-18(26)12-16(14-7-4-3-5-8-14)13-19(21)30-23(25)22(20)24(27)29-2/h3-11,16,20H,12-13,25H2,1-2H3/t16-,20-/m0/s1. The first-order valence-electron chi connectivity index (χ1n) is 9.74. The molecule has 2 atom stereocenters. The summed E-state index contributed by atoms with van der Waals surface area (Å²) in [7, 11) is 2.85. The third-order valence-corrected chi connectivity index (χ3v) is 5.64. The van der Waals surface area contributed by atoms with Gasteiger partial charge in [-0.05, 0) is 29.2 Å². The highest BCUT2D eigenvalue weighted by atomic mass is 16.5. The van der Waals surface area contributed by atoms with E-state index in [9.17, 15) is 9.59 Å². The van der Waals surface area contributed by atoms with Gasteiger partial charge in [-0.15, -0.1) is 0 Å². The molecule has 1 aliphatic carbocycles. The predicted octanol–water partition coefficient (Wildman–Crippen LogP) is 3.55. The van der Waals surface area contributed by atoms with Crippen LogP contribution < -0.4 is 10.5 Å². The molecule has 0 fully saturated rings. The van der Waals surface area contributed by atoms with E-state index >= 15 is 0 Å². The van der Waals surface area contributed by atoms with Gasteiger partial charge in [0.05, 0.1) is 20.1 Å². The maximum absolute atomic E-state index is 13.3. The molecule has 6 nitrogen and oxygen atoms in total. The first kappa shape index (κ1) is 19.8. The molecule has 2 aromatic carbocycles. The molecule has 4 rings (SSSR count). The maximum atomic E-state index is 13.3. The molecule has 0 unspecified atom stereocenters. The number of esters is 1. The van der Waals surface area contributed by atoms with Crippen molar-refractivity contribution in [3.05, 3.63) is 88.5 Å². The molecule has 0 amide bonds. The van der Waals surface area contributed by atoms with Crippen LogP contribution in [0.25, 0.3) is 0 Å². The first-order valence-corrected chi connectivity index (χ1v) is 9.74. The van der Waals surface area contributed by atoms with Gasteiger partial charge in [0.15, 0.2) is 5.78 Å². The van der Waals surface area contributed by atoms with E-state index in [1.54, 1.807) is 19.2 Å². The zero-order valence-corrected chi connectivity index (χ0v) is 16.9. The van der Waals surface area contributed by atoms with E-state index in [1.807, 2.05) is 42.5 Å². The lowest BCUT2D eigenvalue weighted by atomic mass is 9.73. The van der Waals surface area contributed by atoms with E-state index in [0.717, 1.165) is 11.1 Å². The molecule has 6 heteroatoms. The Hall–Kier alpha value is -3.54. The van der Waals surface area contributed by atoms with Crippen molar-refractivity contribution in [1.29, 1.82) is 0 Å². The average Bonchev–Trinajstić information content (AvgIpc) is 2.78. The molecule has 2 N–H and O–H groups in total. The lowest BCUT2D eigenvalue weighted by Crippen LogP contribution is -2.32. The number of carbonyl (C=O) groups excluding carboxylic acids is 2. The van der Waals surface area contributed by atoms with Crippen LogP contribution in [-0.4, -0.2) is 26.0 Å². The second-order valence-electron chi connectivity index (χ2n) is 7.36. The first-order chi connectivity index (χ1) is 14.5. The number of hydrogen-bond donors (Lipinski definition) is 1. The summed E-state index contributed by atoms with van der Waals surface area (Å²) in [4.78, 5) is 25.9. The average molecular weight is 405 g/mol. The summed E-state index contributed by atoms with van der Waals surface area (Å²) in [5, 5.41) is 0. The van der Waals surface area contributed by atoms with E-state index in [-0.39, 0.29) is 23.2 Å². The SMILES string of the molecule is COC(=O)C1=C(N)OC2=C(C(=O)C[C@H](c3ccccc3)C2)[C@@H]1c1cccc(OC)c1. The van der Waals surface area contributed by atoms with E-state index in [0.29, 0.717) is 29.9 Å². The summed E-state index contributed by atoms with van der Waals surface area (Å²) in [5.74, 6) is -0.254. The number of ether oxygens (including phenoxy) is 3. The Kier molecular flexibility index (Phi) is 5.31. The molecule has 0 aromatic heterocycles. The van der Waals surface area contributed by atoms with Crippen LogP contribution in [0.5, 0.6) is 5.75 Å². The monoisotopic (exact) mass is 405 g/mol. The van der Waals surface area contributed by atoms with Gasteiger partial charge in [0.2, 0.25) is 5.88 Å². The van der Waals surface area contributed by atoms with Gasteiger partial charge in [0.25, 0.3) is 0 Å². The zero-order chi connectivity index (χ0) is 21.3. The number of Topliss-reactive ketones (excluding diaryl/α,β-unsaturated/α-hetero) is 1. The maximum Gasteiger partial charge on any atom is 0.340 e. The molecule has 2 aliphatic rings. The summed E-state index contributed by atoms with van der Waals surface area (Å²) in [5.41, 5.74) is 8.56. The van der Waals surface area contributed by atoms with Crippen molar-refractivity contribution in [2.45, 2.75) is 24.7 Å². The number of rotatable bonds is 4. The molecule has 30 heavy (non-hydrogen) atoms. The zero-order valence-electron chi connectivity index (χ0n) is 16.9. The summed E-state index contributed by atoms with van der Waals surface area (Å²) < 4.78 is 16.1. The van der Waals surface area contributed by atoms with Crippen molar-refractivity contribution in [2.75, 3.05) is 14.2 Å². The van der Waals surface area contributed by atoms with Gasteiger partial charge in [-0.3, -0.25) is 4.79 Å². The largest absolute Gasteiger partial charge is 0.497 e. The van der Waals surface area contributed by atoms with E-state index < -0.39 is 11.9 Å². The number of nitrogens with two attached hydrogens (primary N) is 1. The number of benzene rings is 2. The van der Waals surface area contributed by atoms with Crippen LogP contribution >= 0.6 is 0 Å². The third-order valence-electron chi connectivity index (χ3n) is 5.64. The molecule has 0 spiro atoms. The number of methoxy groups -OCH3 is 2. The molecule has 2 aromatic rings. The predicted molar refractivity (Wildman–Crippen MR) is 110 cm³/mol. The van der Waals surface area contributed by atoms with Crippen LogP contribution in [0.4, 0.5) is 0 Å². The molecule has 0 saturated heterocycles. The number of allylic oxidation sites excluding steroid dienone is 2. The lowest BCUT2D eigenvalue weighted by molar-refractivity contribution is -0.136. The van der Waals surface area contributed by atoms with Crippen LogP contribution in [0.2, 0.25) is 0 Å². The summed E-state index contributed by atoms with van der Waals surface area (Å²) >= 11 is 0. The number of carbonyl (C=O) groups is 2. The van der Waals surface area contributed by atoms with Crippen molar-refractivity contribution in [2.24, 2.45) is 5.73 Å². The van der Waals surface area contributed by atoms with Crippen LogP contribution in [0, 0.1) is 0 Å². The minimum atomic E-state index is -0.666. The summed E-state index contributed by atoms with van der Waals surface area (Å²) in [6.45, 7) is 0. The van der Waals surface area contributed by atoms with Gasteiger partial charge in [-0.1, -0.05) is 42.5 Å². The molecule has 0 saturated carbocycles. The highest BCUT2D eigenvalue weighted by molar-refractivity contribution is 6.03. The van der Waals surface area contributed by atoms with Crippen molar-refractivity contribution in [3.63, 3.8) is 0 Å². The second-order valence-corrected chi connectivity index (χ2v) is 7.36. The Morgan fingerprint density at radius 3 is 2.47 bits per heavy atom. The molecular formula is C24H23NO5. The summed E-state index contributed by atoms with van der Waals surface area (Å²) in [6, 6.07) is 17.1. The van der Waals surface area contributed by atoms with E-state index in [1.165, 1.54) is 7.11 Å². The van der Waals surface area contributed by atoms with Gasteiger partial charge in [0.1, 0.15) is 17.1 Å². The van der Waals surface area contributed by atoms with E-state index in [4.69, 9.17) is 19.9 Å². The smallest absolute Gasteiger partial charge is 0.340 e. The van der Waals surface area contributed by atoms with Crippen LogP contribution in [0.15, 0.2) is 77.4 Å². The van der Waals surface area contributed by atoms with Gasteiger partial charge < -0.3 is 19.9 Å². The molecular weight excluding hydrogens is 382 g/mol. The van der Waals surface area contributed by atoms with Gasteiger partial charge >= 0.3 is 5.97 Å². The van der Waals surface area contributed by atoms with Crippen LogP contribution in [-0.2, 0) is 19.1 Å². The fourth-order valence-corrected chi connectivity index (χ4v) is 4.23. The minimum absolute atomic E-state index is 0.00381. The Morgan fingerprint density at radius 2 is 1.77 bits per heavy atom. The highest BCUT2D eigenvalue weighted by Crippen LogP contribution is 2.47. The Balaban J connectivity index is 1.82. The topological polar surface area (TPSA) is 87.9 Å². The Labute approximate surface area is 174 Å².